The van der Waals surface area contributed by atoms with E-state index in [1.807, 2.05) is 0 Å². The minimum Gasteiger partial charge on any atom is -0.495 e. The maximum absolute atomic E-state index is 13.3. The number of hydrogen-bond acceptors (Lipinski definition) is 7. The van der Waals surface area contributed by atoms with E-state index in [1.54, 1.807) is 26.0 Å². The molecule has 6 nitrogen and oxygen atoms in total. The van der Waals surface area contributed by atoms with Crippen LogP contribution >= 0.6 is 11.5 Å². The van der Waals surface area contributed by atoms with E-state index in [0.29, 0.717) is 22.4 Å². The van der Waals surface area contributed by atoms with Crippen LogP contribution in [0.25, 0.3) is 11.5 Å². The van der Waals surface area contributed by atoms with Crippen LogP contribution in [0.3, 0.4) is 0 Å². The average Bonchev–Trinajstić information content (AvgIpc) is 3.09. The second kappa shape index (κ2) is 7.47. The second-order valence-electron chi connectivity index (χ2n) is 5.94. The van der Waals surface area contributed by atoms with Crippen molar-refractivity contribution in [3.63, 3.8) is 0 Å². The molecule has 0 aliphatic rings. The van der Waals surface area contributed by atoms with Crippen molar-refractivity contribution in [1.82, 2.24) is 19.3 Å². The molecule has 0 aromatic carbocycles. The van der Waals surface area contributed by atoms with Gasteiger partial charge in [-0.2, -0.15) is 22.5 Å². The molecular formula is C17H16F3N5OS. The Morgan fingerprint density at radius 1 is 1.15 bits per heavy atom. The van der Waals surface area contributed by atoms with Gasteiger partial charge in [-0.1, -0.05) is 13.8 Å². The molecule has 0 radical (unpaired) electrons. The molecule has 0 bridgehead atoms. The van der Waals surface area contributed by atoms with Gasteiger partial charge in [0.1, 0.15) is 17.3 Å². The Morgan fingerprint density at radius 2 is 1.93 bits per heavy atom. The Balaban J connectivity index is 1.84. The van der Waals surface area contributed by atoms with Gasteiger partial charge in [-0.15, -0.1) is 0 Å². The molecule has 0 unspecified atom stereocenters. The summed E-state index contributed by atoms with van der Waals surface area (Å²) in [6.07, 6.45) is -1.69. The molecular weight excluding hydrogens is 379 g/mol. The van der Waals surface area contributed by atoms with E-state index in [4.69, 9.17) is 4.74 Å². The number of methoxy groups -OCH3 is 1. The third-order valence-corrected chi connectivity index (χ3v) is 4.35. The van der Waals surface area contributed by atoms with Crippen molar-refractivity contribution in [2.45, 2.75) is 25.9 Å². The Labute approximate surface area is 157 Å². The first-order valence-corrected chi connectivity index (χ1v) is 8.73. The fourth-order valence-corrected chi connectivity index (χ4v) is 2.95. The summed E-state index contributed by atoms with van der Waals surface area (Å²) in [5, 5.41) is 3.10. The second-order valence-corrected chi connectivity index (χ2v) is 6.69. The highest BCUT2D eigenvalue weighted by atomic mass is 32.1. The summed E-state index contributed by atoms with van der Waals surface area (Å²) in [6.45, 7) is 3.39. The van der Waals surface area contributed by atoms with Gasteiger partial charge in [0.15, 0.2) is 5.82 Å². The Morgan fingerprint density at radius 3 is 2.52 bits per heavy atom. The summed E-state index contributed by atoms with van der Waals surface area (Å²) < 4.78 is 49.2. The number of hydrogen-bond donors (Lipinski definition) is 1. The fourth-order valence-electron chi connectivity index (χ4n) is 2.36. The predicted molar refractivity (Wildman–Crippen MR) is 96.3 cm³/mol. The monoisotopic (exact) mass is 395 g/mol. The van der Waals surface area contributed by atoms with Crippen molar-refractivity contribution in [1.29, 1.82) is 0 Å². The number of nitrogens with one attached hydrogen (secondary N) is 1. The molecule has 27 heavy (non-hydrogen) atoms. The van der Waals surface area contributed by atoms with Crippen LogP contribution in [0.2, 0.25) is 0 Å². The number of rotatable bonds is 5. The van der Waals surface area contributed by atoms with E-state index in [1.165, 1.54) is 19.5 Å². The van der Waals surface area contributed by atoms with Gasteiger partial charge >= 0.3 is 6.18 Å². The van der Waals surface area contributed by atoms with Crippen LogP contribution in [0.15, 0.2) is 30.6 Å². The number of aromatic nitrogens is 4. The third kappa shape index (κ3) is 4.33. The average molecular weight is 395 g/mol. The van der Waals surface area contributed by atoms with Crippen LogP contribution in [0.5, 0.6) is 5.75 Å². The lowest BCUT2D eigenvalue weighted by molar-refractivity contribution is -0.138. The van der Waals surface area contributed by atoms with Crippen LogP contribution in [-0.4, -0.2) is 26.4 Å². The van der Waals surface area contributed by atoms with Gasteiger partial charge in [0.25, 0.3) is 0 Å². The van der Waals surface area contributed by atoms with Gasteiger partial charge in [-0.05, 0) is 29.7 Å². The molecule has 0 fully saturated rings. The van der Waals surface area contributed by atoms with Gasteiger partial charge < -0.3 is 10.1 Å². The summed E-state index contributed by atoms with van der Waals surface area (Å²) in [4.78, 5) is 12.5. The predicted octanol–water partition coefficient (Wildman–Crippen LogP) is 4.89. The zero-order valence-electron chi connectivity index (χ0n) is 14.7. The fraction of sp³-hybridized carbons (Fsp3) is 0.294. The van der Waals surface area contributed by atoms with Gasteiger partial charge in [-0.3, -0.25) is 0 Å². The summed E-state index contributed by atoms with van der Waals surface area (Å²) >= 11 is 1.01. The molecule has 0 aliphatic carbocycles. The van der Waals surface area contributed by atoms with Crippen LogP contribution in [0.4, 0.5) is 24.1 Å². The van der Waals surface area contributed by atoms with E-state index in [0.717, 1.165) is 17.6 Å². The van der Waals surface area contributed by atoms with E-state index in [-0.39, 0.29) is 17.3 Å². The Bertz CT molecular complexity index is 925. The maximum atomic E-state index is 13.3. The molecule has 0 saturated heterocycles. The van der Waals surface area contributed by atoms with Crippen LogP contribution in [0, 0.1) is 0 Å². The smallest absolute Gasteiger partial charge is 0.416 e. The number of anilines is 2. The lowest BCUT2D eigenvalue weighted by Crippen LogP contribution is -2.11. The van der Waals surface area contributed by atoms with Crippen LogP contribution in [0.1, 0.15) is 30.9 Å². The highest BCUT2D eigenvalue weighted by Crippen LogP contribution is 2.36. The first-order valence-electron chi connectivity index (χ1n) is 7.96. The van der Waals surface area contributed by atoms with E-state index in [2.05, 4.69) is 24.6 Å². The number of alkyl halides is 3. The molecule has 10 heteroatoms. The maximum Gasteiger partial charge on any atom is 0.416 e. The zero-order chi connectivity index (χ0) is 19.6. The normalized spacial score (nSPS) is 11.7. The van der Waals surface area contributed by atoms with E-state index >= 15 is 0 Å². The van der Waals surface area contributed by atoms with Gasteiger partial charge in [0.2, 0.25) is 5.13 Å². The van der Waals surface area contributed by atoms with Gasteiger partial charge in [0.05, 0.1) is 18.9 Å². The van der Waals surface area contributed by atoms with Gasteiger partial charge in [0, 0.05) is 17.7 Å². The third-order valence-electron chi connectivity index (χ3n) is 3.72. The topological polar surface area (TPSA) is 72.8 Å². The van der Waals surface area contributed by atoms with E-state index < -0.39 is 11.7 Å². The summed E-state index contributed by atoms with van der Waals surface area (Å²) in [6, 6.07) is 4.41. The lowest BCUT2D eigenvalue weighted by Gasteiger charge is -2.16. The van der Waals surface area contributed by atoms with Crippen molar-refractivity contribution in [2.24, 2.45) is 0 Å². The quantitative estimate of drug-likeness (QED) is 0.663. The molecule has 0 atom stereocenters. The van der Waals surface area contributed by atoms with Crippen molar-refractivity contribution in [3.05, 3.63) is 41.7 Å². The van der Waals surface area contributed by atoms with E-state index in [9.17, 15) is 13.2 Å². The molecule has 3 heterocycles. The highest BCUT2D eigenvalue weighted by molar-refractivity contribution is 7.09. The molecule has 1 N–H and O–H groups in total. The molecule has 142 valence electrons. The van der Waals surface area contributed by atoms with Crippen molar-refractivity contribution in [2.75, 3.05) is 12.4 Å². The Hall–Kier alpha value is -2.75. The van der Waals surface area contributed by atoms with Crippen molar-refractivity contribution >= 4 is 22.5 Å². The van der Waals surface area contributed by atoms with Gasteiger partial charge in [-0.25, -0.2) is 9.97 Å². The SMILES string of the molecule is COc1ccc(-c2nsc(Nc3cc(C(F)(F)F)c(C(C)C)cn3)n2)nc1. The minimum atomic E-state index is -4.46. The van der Waals surface area contributed by atoms with Crippen LogP contribution < -0.4 is 10.1 Å². The summed E-state index contributed by atoms with van der Waals surface area (Å²) in [5.41, 5.74) is -0.0378. The van der Waals surface area contributed by atoms with Crippen molar-refractivity contribution < 1.29 is 17.9 Å². The molecule has 3 aromatic heterocycles. The number of ether oxygens (including phenoxy) is 1. The standard InChI is InChI=1S/C17H16F3N5OS/c1-9(2)11-8-22-14(6-12(11)17(18,19)20)23-16-24-15(25-27-16)13-5-4-10(26-3)7-21-13/h4-9H,1-3H3,(H,22,23,24,25). The molecule has 3 rings (SSSR count). The minimum absolute atomic E-state index is 0.0529. The highest BCUT2D eigenvalue weighted by Gasteiger charge is 2.34. The molecule has 3 aromatic rings. The van der Waals surface area contributed by atoms with Crippen molar-refractivity contribution in [3.8, 4) is 17.3 Å². The lowest BCUT2D eigenvalue weighted by atomic mass is 9.99. The van der Waals surface area contributed by atoms with Crippen LogP contribution in [-0.2, 0) is 6.18 Å². The molecule has 0 saturated carbocycles. The first-order chi connectivity index (χ1) is 12.8. The molecule has 0 amide bonds. The molecule has 0 spiro atoms. The Kier molecular flexibility index (Phi) is 5.26. The number of halogens is 3. The summed E-state index contributed by atoms with van der Waals surface area (Å²) in [7, 11) is 1.53. The largest absolute Gasteiger partial charge is 0.495 e. The zero-order valence-corrected chi connectivity index (χ0v) is 15.5. The first kappa shape index (κ1) is 19.0. The molecule has 0 aliphatic heterocycles. The summed E-state index contributed by atoms with van der Waals surface area (Å²) in [5.74, 6) is 0.719. The number of nitrogens with zero attached hydrogens (tertiary/aromatic N) is 4. The number of pyridine rings is 2.